The highest BCUT2D eigenvalue weighted by Gasteiger charge is 2.44. The normalized spacial score (nSPS) is 34.7. The lowest BCUT2D eigenvalue weighted by atomic mass is 9.87. The van der Waals surface area contributed by atoms with Crippen LogP contribution in [0.25, 0.3) is 0 Å². The Balaban J connectivity index is 1.74. The van der Waals surface area contributed by atoms with Crippen LogP contribution in [0.1, 0.15) is 38.5 Å². The van der Waals surface area contributed by atoms with Crippen LogP contribution in [0.5, 0.6) is 0 Å². The Morgan fingerprint density at radius 3 is 2.79 bits per heavy atom. The molecule has 2 N–H and O–H groups in total. The van der Waals surface area contributed by atoms with Gasteiger partial charge in [-0.25, -0.2) is 0 Å². The minimum absolute atomic E-state index is 0.188. The van der Waals surface area contributed by atoms with Crippen molar-refractivity contribution in [3.05, 3.63) is 0 Å². The average Bonchev–Trinajstić information content (AvgIpc) is 2.47. The molecule has 2 aliphatic heterocycles. The van der Waals surface area contributed by atoms with Gasteiger partial charge in [0.25, 0.3) is 0 Å². The number of carbonyl (C=O) groups is 1. The molecule has 0 radical (unpaired) electrons. The van der Waals surface area contributed by atoms with Crippen molar-refractivity contribution in [1.29, 1.82) is 0 Å². The average molecular weight is 284 g/mol. The second-order valence-electron chi connectivity index (χ2n) is 6.03. The number of amides is 1. The number of carbonyl (C=O) groups excluding carboxylic acids is 1. The summed E-state index contributed by atoms with van der Waals surface area (Å²) in [5.74, 6) is 1.26. The summed E-state index contributed by atoms with van der Waals surface area (Å²) in [5, 5.41) is 0.648. The van der Waals surface area contributed by atoms with Crippen LogP contribution in [-0.2, 0) is 9.53 Å². The summed E-state index contributed by atoms with van der Waals surface area (Å²) in [6.07, 6.45) is 6.35. The molecule has 1 amide bonds. The Labute approximate surface area is 119 Å². The topological polar surface area (TPSA) is 55.6 Å². The van der Waals surface area contributed by atoms with Gasteiger partial charge in [0, 0.05) is 36.8 Å². The summed E-state index contributed by atoms with van der Waals surface area (Å²) in [4.78, 5) is 15.0. The van der Waals surface area contributed by atoms with Crippen molar-refractivity contribution >= 4 is 17.7 Å². The number of nitrogens with zero attached hydrogens (tertiary/aromatic N) is 1. The molecule has 5 heteroatoms. The molecule has 1 saturated carbocycles. The Kier molecular flexibility index (Phi) is 4.06. The third-order valence-electron chi connectivity index (χ3n) is 4.80. The molecule has 19 heavy (non-hydrogen) atoms. The largest absolute Gasteiger partial charge is 0.381 e. The first-order chi connectivity index (χ1) is 9.21. The summed E-state index contributed by atoms with van der Waals surface area (Å²) >= 11 is 2.05. The number of hydrogen-bond donors (Lipinski definition) is 1. The van der Waals surface area contributed by atoms with E-state index in [2.05, 4.69) is 16.7 Å². The van der Waals surface area contributed by atoms with E-state index in [1.54, 1.807) is 0 Å². The van der Waals surface area contributed by atoms with Crippen molar-refractivity contribution in [3.8, 4) is 0 Å². The lowest BCUT2D eigenvalue weighted by Gasteiger charge is -2.47. The van der Waals surface area contributed by atoms with E-state index in [-0.39, 0.29) is 5.91 Å². The summed E-state index contributed by atoms with van der Waals surface area (Å²) in [5.41, 5.74) is 5.71. The monoisotopic (exact) mass is 284 g/mol. The molecule has 3 aliphatic rings. The molecule has 1 aliphatic carbocycles. The van der Waals surface area contributed by atoms with Gasteiger partial charge >= 0.3 is 0 Å². The first-order valence-corrected chi connectivity index (χ1v) is 8.55. The number of nitrogens with two attached hydrogens (primary N) is 1. The molecule has 0 aromatic heterocycles. The van der Waals surface area contributed by atoms with Crippen molar-refractivity contribution in [2.24, 2.45) is 5.73 Å². The predicted molar refractivity (Wildman–Crippen MR) is 77.2 cm³/mol. The van der Waals surface area contributed by atoms with E-state index in [9.17, 15) is 4.79 Å². The zero-order valence-corrected chi connectivity index (χ0v) is 12.3. The fourth-order valence-electron chi connectivity index (χ4n) is 3.58. The second-order valence-corrected chi connectivity index (χ2v) is 7.38. The van der Waals surface area contributed by atoms with Crippen molar-refractivity contribution < 1.29 is 9.53 Å². The molecule has 2 unspecified atom stereocenters. The molecule has 2 saturated heterocycles. The third-order valence-corrected chi connectivity index (χ3v) is 6.20. The number of hydrogen-bond acceptors (Lipinski definition) is 4. The van der Waals surface area contributed by atoms with Gasteiger partial charge in [0.05, 0.1) is 5.54 Å². The van der Waals surface area contributed by atoms with Gasteiger partial charge in [-0.1, -0.05) is 12.8 Å². The lowest BCUT2D eigenvalue weighted by molar-refractivity contribution is -0.143. The maximum atomic E-state index is 12.9. The number of fused-ring (bicyclic) bond motifs is 1. The van der Waals surface area contributed by atoms with Crippen LogP contribution >= 0.6 is 11.8 Å². The minimum atomic E-state index is -0.664. The van der Waals surface area contributed by atoms with Crippen LogP contribution in [0.3, 0.4) is 0 Å². The van der Waals surface area contributed by atoms with Gasteiger partial charge in [-0.15, -0.1) is 0 Å². The quantitative estimate of drug-likeness (QED) is 0.790. The SMILES string of the molecule is NC1(C(=O)N2CCSC3CCCCC32)CCOCC1. The van der Waals surface area contributed by atoms with E-state index < -0.39 is 5.54 Å². The maximum Gasteiger partial charge on any atom is 0.243 e. The van der Waals surface area contributed by atoms with E-state index in [1.807, 2.05) is 0 Å². The summed E-state index contributed by atoms with van der Waals surface area (Å²) in [7, 11) is 0. The summed E-state index contributed by atoms with van der Waals surface area (Å²) in [6.45, 7) is 2.13. The predicted octanol–water partition coefficient (Wildman–Crippen LogP) is 1.38. The van der Waals surface area contributed by atoms with E-state index >= 15 is 0 Å². The van der Waals surface area contributed by atoms with Crippen molar-refractivity contribution in [2.75, 3.05) is 25.5 Å². The Morgan fingerprint density at radius 1 is 1.26 bits per heavy atom. The van der Waals surface area contributed by atoms with E-state index in [4.69, 9.17) is 10.5 Å². The zero-order chi connectivity index (χ0) is 13.3. The van der Waals surface area contributed by atoms with Crippen molar-refractivity contribution in [2.45, 2.75) is 55.4 Å². The molecule has 0 bridgehead atoms. The number of rotatable bonds is 1. The molecule has 0 aromatic carbocycles. The smallest absolute Gasteiger partial charge is 0.243 e. The van der Waals surface area contributed by atoms with Gasteiger partial charge in [0.2, 0.25) is 5.91 Å². The molecule has 0 aromatic rings. The van der Waals surface area contributed by atoms with Crippen LogP contribution in [0.4, 0.5) is 0 Å². The fraction of sp³-hybridized carbons (Fsp3) is 0.929. The minimum Gasteiger partial charge on any atom is -0.381 e. The van der Waals surface area contributed by atoms with Gasteiger partial charge in [0.1, 0.15) is 0 Å². The van der Waals surface area contributed by atoms with Crippen LogP contribution in [0.2, 0.25) is 0 Å². The van der Waals surface area contributed by atoms with Gasteiger partial charge in [-0.3, -0.25) is 4.79 Å². The highest BCUT2D eigenvalue weighted by atomic mass is 32.2. The lowest BCUT2D eigenvalue weighted by Crippen LogP contribution is -2.63. The molecular weight excluding hydrogens is 260 g/mol. The molecule has 2 heterocycles. The van der Waals surface area contributed by atoms with Crippen molar-refractivity contribution in [1.82, 2.24) is 4.90 Å². The van der Waals surface area contributed by atoms with Crippen molar-refractivity contribution in [3.63, 3.8) is 0 Å². The van der Waals surface area contributed by atoms with Gasteiger partial charge < -0.3 is 15.4 Å². The fourth-order valence-corrected chi connectivity index (χ4v) is 5.03. The second kappa shape index (κ2) is 5.62. The van der Waals surface area contributed by atoms with E-state index in [0.29, 0.717) is 37.3 Å². The highest BCUT2D eigenvalue weighted by molar-refractivity contribution is 8.00. The summed E-state index contributed by atoms with van der Waals surface area (Å²) in [6, 6.07) is 0.434. The Hall–Kier alpha value is -0.260. The standard InChI is InChI=1S/C14H24N2O2S/c15-14(5-8-18-9-6-14)13(17)16-7-10-19-12-4-2-1-3-11(12)16/h11-12H,1-10,15H2. The van der Waals surface area contributed by atoms with Crippen LogP contribution in [-0.4, -0.2) is 53.1 Å². The maximum absolute atomic E-state index is 12.9. The van der Waals surface area contributed by atoms with Crippen LogP contribution in [0, 0.1) is 0 Å². The zero-order valence-electron chi connectivity index (χ0n) is 11.5. The van der Waals surface area contributed by atoms with Gasteiger partial charge in [-0.2, -0.15) is 11.8 Å². The summed E-state index contributed by atoms with van der Waals surface area (Å²) < 4.78 is 5.35. The van der Waals surface area contributed by atoms with E-state index in [1.165, 1.54) is 19.3 Å². The molecular formula is C14H24N2O2S. The Morgan fingerprint density at radius 2 is 2.00 bits per heavy atom. The third kappa shape index (κ3) is 2.65. The number of thioether (sulfide) groups is 1. The first kappa shape index (κ1) is 13.7. The molecule has 3 rings (SSSR count). The molecule has 3 fully saturated rings. The Bertz CT molecular complexity index is 342. The molecule has 2 atom stereocenters. The number of ether oxygens (including phenoxy) is 1. The molecule has 108 valence electrons. The van der Waals surface area contributed by atoms with Crippen LogP contribution in [0.15, 0.2) is 0 Å². The van der Waals surface area contributed by atoms with Gasteiger partial charge in [-0.05, 0) is 25.7 Å². The first-order valence-electron chi connectivity index (χ1n) is 7.50. The molecule has 4 nitrogen and oxygen atoms in total. The van der Waals surface area contributed by atoms with E-state index in [0.717, 1.165) is 18.7 Å². The highest BCUT2D eigenvalue weighted by Crippen LogP contribution is 2.37. The van der Waals surface area contributed by atoms with Gasteiger partial charge in [0.15, 0.2) is 0 Å². The molecule has 0 spiro atoms. The van der Waals surface area contributed by atoms with Crippen LogP contribution < -0.4 is 5.73 Å².